The molecule has 25 heavy (non-hydrogen) atoms. The third-order valence-electron chi connectivity index (χ3n) is 3.40. The van der Waals surface area contributed by atoms with E-state index in [-0.39, 0.29) is 0 Å². The Balaban J connectivity index is 1.61. The van der Waals surface area contributed by atoms with Gasteiger partial charge in [0.05, 0.1) is 12.8 Å². The average Bonchev–Trinajstić information content (AvgIpc) is 3.12. The van der Waals surface area contributed by atoms with Crippen molar-refractivity contribution in [3.63, 3.8) is 0 Å². The normalized spacial score (nSPS) is 11.1. The van der Waals surface area contributed by atoms with E-state index in [1.54, 1.807) is 29.0 Å². The molecule has 0 fully saturated rings. The quantitative estimate of drug-likeness (QED) is 0.449. The lowest BCUT2D eigenvalue weighted by Gasteiger charge is -2.04. The number of hydrogen-bond acceptors (Lipinski definition) is 5. The lowest BCUT2D eigenvalue weighted by molar-refractivity contribution is 0.317. The van der Waals surface area contributed by atoms with Crippen LogP contribution in [-0.4, -0.2) is 27.7 Å². The molecule has 5 nitrogen and oxygen atoms in total. The van der Waals surface area contributed by atoms with Gasteiger partial charge in [-0.05, 0) is 41.8 Å². The van der Waals surface area contributed by atoms with Crippen molar-refractivity contribution in [1.29, 1.82) is 0 Å². The predicted octanol–water partition coefficient (Wildman–Crippen LogP) is 4.24. The van der Waals surface area contributed by atoms with Crippen LogP contribution in [0.15, 0.2) is 71.2 Å². The zero-order valence-electron chi connectivity index (χ0n) is 14.1. The maximum Gasteiger partial charge on any atom is 0.212 e. The second-order valence-corrected chi connectivity index (χ2v) is 6.34. The molecule has 0 N–H and O–H groups in total. The molecule has 0 aliphatic carbocycles. The van der Waals surface area contributed by atoms with Gasteiger partial charge >= 0.3 is 0 Å². The summed E-state index contributed by atoms with van der Waals surface area (Å²) in [5.41, 5.74) is 2.24. The lowest BCUT2D eigenvalue weighted by atomic mass is 10.2. The summed E-state index contributed by atoms with van der Waals surface area (Å²) in [6.45, 7) is 2.82. The van der Waals surface area contributed by atoms with Crippen LogP contribution in [0.2, 0.25) is 0 Å². The van der Waals surface area contributed by atoms with E-state index in [4.69, 9.17) is 4.74 Å². The van der Waals surface area contributed by atoms with E-state index in [0.29, 0.717) is 0 Å². The molecule has 128 valence electrons. The molecule has 6 heteroatoms. The van der Waals surface area contributed by atoms with E-state index >= 15 is 0 Å². The molecule has 1 heterocycles. The van der Waals surface area contributed by atoms with Crippen molar-refractivity contribution in [2.75, 3.05) is 6.61 Å². The largest absolute Gasteiger partial charge is 0.494 e. The van der Waals surface area contributed by atoms with E-state index < -0.39 is 0 Å². The van der Waals surface area contributed by atoms with Crippen molar-refractivity contribution >= 4 is 18.0 Å². The standard InChI is InChI=1S/C19H20N4OS/c1-2-12-24-18-10-8-16(9-11-18)13-21-23-15-20-22-19(23)25-14-17-6-4-3-5-7-17/h3-11,13,15H,2,12,14H2,1H3/b21-13-. The van der Waals surface area contributed by atoms with Crippen LogP contribution in [0.1, 0.15) is 24.5 Å². The smallest absolute Gasteiger partial charge is 0.212 e. The molecule has 0 radical (unpaired) electrons. The Labute approximate surface area is 151 Å². The Morgan fingerprint density at radius 2 is 1.92 bits per heavy atom. The van der Waals surface area contributed by atoms with Crippen LogP contribution >= 0.6 is 11.8 Å². The number of thioether (sulfide) groups is 1. The summed E-state index contributed by atoms with van der Waals surface area (Å²) in [5, 5.41) is 13.3. The van der Waals surface area contributed by atoms with Gasteiger partial charge in [-0.15, -0.1) is 10.2 Å². The zero-order chi connectivity index (χ0) is 17.3. The number of nitrogens with zero attached hydrogens (tertiary/aromatic N) is 4. The first-order valence-corrected chi connectivity index (χ1v) is 9.17. The van der Waals surface area contributed by atoms with E-state index in [2.05, 4.69) is 34.4 Å². The highest BCUT2D eigenvalue weighted by molar-refractivity contribution is 7.98. The first-order valence-electron chi connectivity index (χ1n) is 8.19. The highest BCUT2D eigenvalue weighted by Gasteiger charge is 2.04. The summed E-state index contributed by atoms with van der Waals surface area (Å²) in [6, 6.07) is 18.1. The molecule has 1 aromatic heterocycles. The Morgan fingerprint density at radius 3 is 2.68 bits per heavy atom. The molecule has 0 bridgehead atoms. The van der Waals surface area contributed by atoms with E-state index in [1.807, 2.05) is 42.5 Å². The maximum absolute atomic E-state index is 5.58. The molecular formula is C19H20N4OS. The van der Waals surface area contributed by atoms with Crippen LogP contribution in [0, 0.1) is 0 Å². The molecule has 0 amide bonds. The molecule has 0 unspecified atom stereocenters. The van der Waals surface area contributed by atoms with Crippen LogP contribution < -0.4 is 4.74 Å². The highest BCUT2D eigenvalue weighted by atomic mass is 32.2. The number of rotatable bonds is 8. The Hall–Kier alpha value is -2.60. The van der Waals surface area contributed by atoms with Gasteiger partial charge in [-0.2, -0.15) is 9.78 Å². The second-order valence-electron chi connectivity index (χ2n) is 5.39. The molecular weight excluding hydrogens is 332 g/mol. The van der Waals surface area contributed by atoms with Gasteiger partial charge in [0, 0.05) is 5.75 Å². The van der Waals surface area contributed by atoms with E-state index in [9.17, 15) is 0 Å². The summed E-state index contributed by atoms with van der Waals surface area (Å²) in [5.74, 6) is 1.71. The van der Waals surface area contributed by atoms with Crippen molar-refractivity contribution in [1.82, 2.24) is 14.9 Å². The van der Waals surface area contributed by atoms with Gasteiger partial charge in [0.1, 0.15) is 12.1 Å². The summed E-state index contributed by atoms with van der Waals surface area (Å²) >= 11 is 1.61. The molecule has 0 saturated carbocycles. The predicted molar refractivity (Wildman–Crippen MR) is 101 cm³/mol. The molecule has 0 atom stereocenters. The summed E-state index contributed by atoms with van der Waals surface area (Å²) in [6.07, 6.45) is 4.41. The fourth-order valence-electron chi connectivity index (χ4n) is 2.11. The van der Waals surface area contributed by atoms with Crippen molar-refractivity contribution in [3.8, 4) is 5.75 Å². The minimum Gasteiger partial charge on any atom is -0.494 e. The van der Waals surface area contributed by atoms with E-state index in [1.165, 1.54) is 5.56 Å². The van der Waals surface area contributed by atoms with Crippen molar-refractivity contribution in [2.45, 2.75) is 24.3 Å². The number of ether oxygens (including phenoxy) is 1. The van der Waals surface area contributed by atoms with Crippen molar-refractivity contribution < 1.29 is 4.74 Å². The van der Waals surface area contributed by atoms with Crippen LogP contribution in [-0.2, 0) is 5.75 Å². The first kappa shape index (κ1) is 17.2. The average molecular weight is 352 g/mol. The lowest BCUT2D eigenvalue weighted by Crippen LogP contribution is -1.95. The topological polar surface area (TPSA) is 52.3 Å². The zero-order valence-corrected chi connectivity index (χ0v) is 14.9. The van der Waals surface area contributed by atoms with Crippen LogP contribution in [0.5, 0.6) is 5.75 Å². The fourth-order valence-corrected chi connectivity index (χ4v) is 2.93. The molecule has 0 aliphatic heterocycles. The third kappa shape index (κ3) is 5.19. The molecule has 0 saturated heterocycles. The number of aromatic nitrogens is 3. The van der Waals surface area contributed by atoms with Gasteiger partial charge in [0.2, 0.25) is 5.16 Å². The van der Waals surface area contributed by atoms with Gasteiger partial charge in [0.25, 0.3) is 0 Å². The highest BCUT2D eigenvalue weighted by Crippen LogP contribution is 2.20. The molecule has 2 aromatic carbocycles. The minimum absolute atomic E-state index is 0.732. The third-order valence-corrected chi connectivity index (χ3v) is 4.40. The molecule has 3 rings (SSSR count). The number of hydrogen-bond donors (Lipinski definition) is 0. The SMILES string of the molecule is CCCOc1ccc(/C=N\n2cnnc2SCc2ccccc2)cc1. The molecule has 0 spiro atoms. The molecule has 0 aliphatic rings. The fraction of sp³-hybridized carbons (Fsp3) is 0.211. The maximum atomic E-state index is 5.58. The van der Waals surface area contributed by atoms with Crippen molar-refractivity contribution in [2.24, 2.45) is 5.10 Å². The summed E-state index contributed by atoms with van der Waals surface area (Å²) in [7, 11) is 0. The molecule has 3 aromatic rings. The Morgan fingerprint density at radius 1 is 1.12 bits per heavy atom. The Kier molecular flexibility index (Phi) is 6.23. The van der Waals surface area contributed by atoms with Gasteiger partial charge < -0.3 is 4.74 Å². The van der Waals surface area contributed by atoms with Gasteiger partial charge in [-0.25, -0.2) is 0 Å². The van der Waals surface area contributed by atoms with E-state index in [0.717, 1.165) is 35.2 Å². The summed E-state index contributed by atoms with van der Waals surface area (Å²) < 4.78 is 7.27. The van der Waals surface area contributed by atoms with Gasteiger partial charge in [-0.1, -0.05) is 49.0 Å². The van der Waals surface area contributed by atoms with Crippen LogP contribution in [0.25, 0.3) is 0 Å². The summed E-state index contributed by atoms with van der Waals surface area (Å²) in [4.78, 5) is 0. The minimum atomic E-state index is 0.732. The van der Waals surface area contributed by atoms with Crippen LogP contribution in [0.3, 0.4) is 0 Å². The Bertz CT molecular complexity index is 800. The monoisotopic (exact) mass is 352 g/mol. The first-order chi connectivity index (χ1) is 12.3. The van der Waals surface area contributed by atoms with Gasteiger partial charge in [-0.3, -0.25) is 0 Å². The number of benzene rings is 2. The van der Waals surface area contributed by atoms with Crippen molar-refractivity contribution in [3.05, 3.63) is 72.1 Å². The van der Waals surface area contributed by atoms with Crippen LogP contribution in [0.4, 0.5) is 0 Å². The van der Waals surface area contributed by atoms with Gasteiger partial charge in [0.15, 0.2) is 0 Å². The second kappa shape index (κ2) is 9.03.